The lowest BCUT2D eigenvalue weighted by Gasteiger charge is -2.32. The van der Waals surface area contributed by atoms with E-state index in [-0.39, 0.29) is 6.10 Å². The molecule has 6 heteroatoms. The Morgan fingerprint density at radius 1 is 1.25 bits per heavy atom. The molecule has 6 nitrogen and oxygen atoms in total. The highest BCUT2D eigenvalue weighted by Gasteiger charge is 2.20. The number of ether oxygens (including phenoxy) is 1. The summed E-state index contributed by atoms with van der Waals surface area (Å²) >= 11 is 0. The van der Waals surface area contributed by atoms with E-state index in [0.29, 0.717) is 0 Å². The molecule has 3 rings (SSSR count). The van der Waals surface area contributed by atoms with E-state index in [0.717, 1.165) is 39.2 Å². The van der Waals surface area contributed by atoms with E-state index in [9.17, 15) is 0 Å². The first-order valence-electron chi connectivity index (χ1n) is 6.95. The van der Waals surface area contributed by atoms with Gasteiger partial charge in [0.1, 0.15) is 12.7 Å². The number of aromatic nitrogens is 4. The second-order valence-electron chi connectivity index (χ2n) is 5.02. The average molecular weight is 273 g/mol. The second-order valence-corrected chi connectivity index (χ2v) is 5.02. The monoisotopic (exact) mass is 273 g/mol. The maximum absolute atomic E-state index is 5.79. The van der Waals surface area contributed by atoms with Crippen LogP contribution in [0.2, 0.25) is 0 Å². The molecule has 1 fully saturated rings. The molecule has 1 aliphatic heterocycles. The van der Waals surface area contributed by atoms with Crippen LogP contribution in [-0.4, -0.2) is 57.0 Å². The van der Waals surface area contributed by atoms with Gasteiger partial charge < -0.3 is 4.74 Å². The van der Waals surface area contributed by atoms with Crippen molar-refractivity contribution in [3.8, 4) is 0 Å². The van der Waals surface area contributed by atoms with Gasteiger partial charge in [0.2, 0.25) is 0 Å². The first-order chi connectivity index (χ1) is 9.90. The zero-order valence-electron chi connectivity index (χ0n) is 11.4. The summed E-state index contributed by atoms with van der Waals surface area (Å²) < 4.78 is 7.62. The quantitative estimate of drug-likeness (QED) is 0.799. The SMILES string of the molecule is c1cc(CCN2CCOC(Cn3cncn3)C2)ccn1. The maximum Gasteiger partial charge on any atom is 0.137 e. The summed E-state index contributed by atoms with van der Waals surface area (Å²) in [5, 5.41) is 4.13. The van der Waals surface area contributed by atoms with E-state index < -0.39 is 0 Å². The molecule has 106 valence electrons. The summed E-state index contributed by atoms with van der Waals surface area (Å²) in [5.41, 5.74) is 1.33. The lowest BCUT2D eigenvalue weighted by Crippen LogP contribution is -2.44. The molecule has 0 N–H and O–H groups in total. The van der Waals surface area contributed by atoms with Gasteiger partial charge in [-0.3, -0.25) is 14.6 Å². The number of morpholine rings is 1. The first-order valence-corrected chi connectivity index (χ1v) is 6.95. The molecule has 0 radical (unpaired) electrons. The van der Waals surface area contributed by atoms with Gasteiger partial charge in [-0.25, -0.2) is 4.98 Å². The van der Waals surface area contributed by atoms with E-state index in [4.69, 9.17) is 4.74 Å². The number of nitrogens with zero attached hydrogens (tertiary/aromatic N) is 5. The minimum atomic E-state index is 0.197. The first kappa shape index (κ1) is 13.2. The third-order valence-corrected chi connectivity index (χ3v) is 3.55. The number of hydrogen-bond acceptors (Lipinski definition) is 5. The lowest BCUT2D eigenvalue weighted by molar-refractivity contribution is -0.0371. The molecule has 1 saturated heterocycles. The van der Waals surface area contributed by atoms with Gasteiger partial charge in [-0.05, 0) is 24.1 Å². The molecule has 1 unspecified atom stereocenters. The van der Waals surface area contributed by atoms with Crippen LogP contribution >= 0.6 is 0 Å². The highest BCUT2D eigenvalue weighted by Crippen LogP contribution is 2.08. The molecule has 20 heavy (non-hydrogen) atoms. The van der Waals surface area contributed by atoms with Crippen LogP contribution in [-0.2, 0) is 17.7 Å². The minimum Gasteiger partial charge on any atom is -0.374 e. The molecule has 1 atom stereocenters. The fraction of sp³-hybridized carbons (Fsp3) is 0.500. The predicted molar refractivity (Wildman–Crippen MR) is 74.1 cm³/mol. The van der Waals surface area contributed by atoms with Crippen molar-refractivity contribution >= 4 is 0 Å². The van der Waals surface area contributed by atoms with Gasteiger partial charge in [0, 0.05) is 32.0 Å². The van der Waals surface area contributed by atoms with Crippen molar-refractivity contribution in [2.75, 3.05) is 26.2 Å². The van der Waals surface area contributed by atoms with E-state index >= 15 is 0 Å². The Labute approximate surface area is 118 Å². The normalized spacial score (nSPS) is 20.1. The molecule has 0 amide bonds. The van der Waals surface area contributed by atoms with Gasteiger partial charge in [0.05, 0.1) is 19.3 Å². The third kappa shape index (κ3) is 3.61. The van der Waals surface area contributed by atoms with Crippen LogP contribution in [0.4, 0.5) is 0 Å². The third-order valence-electron chi connectivity index (χ3n) is 3.55. The van der Waals surface area contributed by atoms with Gasteiger partial charge in [-0.1, -0.05) is 0 Å². The van der Waals surface area contributed by atoms with Crippen LogP contribution in [0.1, 0.15) is 5.56 Å². The molecule has 0 saturated carbocycles. The molecule has 2 aromatic rings. The maximum atomic E-state index is 5.79. The van der Waals surface area contributed by atoms with Gasteiger partial charge in [-0.15, -0.1) is 0 Å². The van der Waals surface area contributed by atoms with E-state index in [1.54, 1.807) is 12.7 Å². The van der Waals surface area contributed by atoms with Crippen molar-refractivity contribution < 1.29 is 4.74 Å². The van der Waals surface area contributed by atoms with Crippen LogP contribution in [0, 0.1) is 0 Å². The van der Waals surface area contributed by atoms with Crippen LogP contribution in [0.25, 0.3) is 0 Å². The van der Waals surface area contributed by atoms with Crippen LogP contribution in [0.3, 0.4) is 0 Å². The van der Waals surface area contributed by atoms with Gasteiger partial charge >= 0.3 is 0 Å². The molecular weight excluding hydrogens is 254 g/mol. The summed E-state index contributed by atoms with van der Waals surface area (Å²) in [6.45, 7) is 4.56. The molecule has 1 aliphatic rings. The van der Waals surface area contributed by atoms with E-state index in [2.05, 4.69) is 32.1 Å². The van der Waals surface area contributed by atoms with Crippen molar-refractivity contribution in [3.05, 3.63) is 42.7 Å². The van der Waals surface area contributed by atoms with Crippen LogP contribution in [0.5, 0.6) is 0 Å². The van der Waals surface area contributed by atoms with E-state index in [1.165, 1.54) is 5.56 Å². The fourth-order valence-corrected chi connectivity index (χ4v) is 2.47. The van der Waals surface area contributed by atoms with Gasteiger partial charge in [0.15, 0.2) is 0 Å². The Kier molecular flexibility index (Phi) is 4.35. The van der Waals surface area contributed by atoms with Gasteiger partial charge in [0.25, 0.3) is 0 Å². The second kappa shape index (κ2) is 6.58. The number of pyridine rings is 1. The Morgan fingerprint density at radius 3 is 2.95 bits per heavy atom. The minimum absolute atomic E-state index is 0.197. The highest BCUT2D eigenvalue weighted by molar-refractivity contribution is 5.09. The standard InChI is InChI=1S/C14H19N5O/c1-4-15-5-2-13(1)3-6-18-7-8-20-14(9-18)10-19-12-16-11-17-19/h1-2,4-5,11-12,14H,3,6-10H2. The summed E-state index contributed by atoms with van der Waals surface area (Å²) in [5.74, 6) is 0. The Hall–Kier alpha value is -1.79. The Balaban J connectivity index is 1.48. The smallest absolute Gasteiger partial charge is 0.137 e. The molecule has 2 aromatic heterocycles. The largest absolute Gasteiger partial charge is 0.374 e. The zero-order valence-corrected chi connectivity index (χ0v) is 11.4. The number of hydrogen-bond donors (Lipinski definition) is 0. The fourth-order valence-electron chi connectivity index (χ4n) is 2.47. The Bertz CT molecular complexity index is 502. The van der Waals surface area contributed by atoms with Crippen molar-refractivity contribution in [1.82, 2.24) is 24.6 Å². The topological polar surface area (TPSA) is 56.1 Å². The van der Waals surface area contributed by atoms with Crippen LogP contribution in [0.15, 0.2) is 37.2 Å². The van der Waals surface area contributed by atoms with E-state index in [1.807, 2.05) is 17.1 Å². The lowest BCUT2D eigenvalue weighted by atomic mass is 10.2. The molecule has 0 bridgehead atoms. The molecule has 0 spiro atoms. The molecule has 0 aliphatic carbocycles. The number of rotatable bonds is 5. The highest BCUT2D eigenvalue weighted by atomic mass is 16.5. The molecule has 0 aromatic carbocycles. The van der Waals surface area contributed by atoms with Gasteiger partial charge in [-0.2, -0.15) is 5.10 Å². The van der Waals surface area contributed by atoms with Crippen molar-refractivity contribution in [2.45, 2.75) is 19.1 Å². The molecular formula is C14H19N5O. The summed E-state index contributed by atoms with van der Waals surface area (Å²) in [7, 11) is 0. The van der Waals surface area contributed by atoms with Crippen molar-refractivity contribution in [1.29, 1.82) is 0 Å². The molecule has 3 heterocycles. The van der Waals surface area contributed by atoms with Crippen LogP contribution < -0.4 is 0 Å². The summed E-state index contributed by atoms with van der Waals surface area (Å²) in [4.78, 5) is 10.5. The average Bonchev–Trinajstić information content (AvgIpc) is 3.00. The zero-order chi connectivity index (χ0) is 13.6. The Morgan fingerprint density at radius 2 is 2.15 bits per heavy atom. The van der Waals surface area contributed by atoms with Crippen molar-refractivity contribution in [2.24, 2.45) is 0 Å². The summed E-state index contributed by atoms with van der Waals surface area (Å²) in [6, 6.07) is 4.15. The predicted octanol–water partition coefficient (Wildman–Crippen LogP) is 0.617. The summed E-state index contributed by atoms with van der Waals surface area (Å²) in [6.07, 6.45) is 8.24. The van der Waals surface area contributed by atoms with Crippen molar-refractivity contribution in [3.63, 3.8) is 0 Å².